The number of fused-ring (bicyclic) bond motifs is 1. The van der Waals surface area contributed by atoms with E-state index in [9.17, 15) is 26.7 Å². The number of hydrogen-bond donors (Lipinski definition) is 2. The number of anilines is 1. The van der Waals surface area contributed by atoms with Gasteiger partial charge in [0.05, 0.1) is 29.7 Å². The maximum atomic E-state index is 13.7. The van der Waals surface area contributed by atoms with Crippen LogP contribution in [0.2, 0.25) is 0 Å². The number of thiophene rings is 1. The SMILES string of the molecule is Cc1ccc(S(=O)(=O)Nc2ccc3c(c2)C(=O)N([C@H](C)CO)C[C@H](C)[C@H](CN(C)S(=O)(=O)c2cccs2)O3)cc1. The zero-order chi connectivity index (χ0) is 29.2. The van der Waals surface area contributed by atoms with Crippen LogP contribution in [0, 0.1) is 12.8 Å². The van der Waals surface area contributed by atoms with E-state index in [-0.39, 0.29) is 51.7 Å². The second-order valence-electron chi connectivity index (χ2n) is 9.97. The number of rotatable bonds is 9. The van der Waals surface area contributed by atoms with Gasteiger partial charge in [-0.2, -0.15) is 4.31 Å². The molecule has 0 saturated heterocycles. The number of aryl methyl sites for hydroxylation is 1. The summed E-state index contributed by atoms with van der Waals surface area (Å²) in [5.74, 6) is -0.540. The summed E-state index contributed by atoms with van der Waals surface area (Å²) in [6.45, 7) is 5.34. The molecular weight excluding hydrogens is 575 g/mol. The minimum atomic E-state index is -3.93. The largest absolute Gasteiger partial charge is 0.488 e. The molecular formula is C27H33N3O7S3. The summed E-state index contributed by atoms with van der Waals surface area (Å²) in [6.07, 6.45) is -0.643. The van der Waals surface area contributed by atoms with E-state index in [0.717, 1.165) is 16.9 Å². The molecule has 13 heteroatoms. The predicted molar refractivity (Wildman–Crippen MR) is 154 cm³/mol. The lowest BCUT2D eigenvalue weighted by Crippen LogP contribution is -2.50. The lowest BCUT2D eigenvalue weighted by Gasteiger charge is -2.38. The van der Waals surface area contributed by atoms with Crippen molar-refractivity contribution in [1.29, 1.82) is 0 Å². The van der Waals surface area contributed by atoms with Crippen LogP contribution in [0.15, 0.2) is 69.1 Å². The molecule has 0 saturated carbocycles. The zero-order valence-electron chi connectivity index (χ0n) is 22.6. The third-order valence-electron chi connectivity index (χ3n) is 6.84. The number of benzene rings is 2. The Balaban J connectivity index is 1.68. The van der Waals surface area contributed by atoms with Crippen molar-refractivity contribution >= 4 is 43.0 Å². The summed E-state index contributed by atoms with van der Waals surface area (Å²) >= 11 is 1.12. The Labute approximate surface area is 239 Å². The standard InChI is InChI=1S/C27H33N3O7S3/c1-18-7-10-22(11-8-18)39(33,34)28-21-9-12-24-23(14-21)27(32)30(20(3)17-31)15-19(2)25(37-24)16-29(4)40(35,36)26-6-5-13-38-26/h5-14,19-20,25,28,31H,15-17H2,1-4H3/t19-,20+,25-/m0/s1. The predicted octanol–water partition coefficient (Wildman–Crippen LogP) is 3.40. The number of aliphatic hydroxyl groups excluding tert-OH is 1. The topological polar surface area (TPSA) is 133 Å². The maximum Gasteiger partial charge on any atom is 0.261 e. The molecule has 2 heterocycles. The van der Waals surface area contributed by atoms with Gasteiger partial charge in [-0.15, -0.1) is 11.3 Å². The quantitative estimate of drug-likeness (QED) is 0.381. The fourth-order valence-corrected chi connectivity index (χ4v) is 7.78. The molecule has 3 atom stereocenters. The summed E-state index contributed by atoms with van der Waals surface area (Å²) in [5.41, 5.74) is 1.18. The van der Waals surface area contributed by atoms with Crippen molar-refractivity contribution in [3.63, 3.8) is 0 Å². The molecule has 3 aromatic rings. The molecule has 0 radical (unpaired) electrons. The number of likely N-dealkylation sites (N-methyl/N-ethyl adjacent to an activating group) is 1. The van der Waals surface area contributed by atoms with Crippen LogP contribution in [0.25, 0.3) is 0 Å². The average molecular weight is 608 g/mol. The molecule has 2 N–H and O–H groups in total. The van der Waals surface area contributed by atoms with Gasteiger partial charge >= 0.3 is 0 Å². The summed E-state index contributed by atoms with van der Waals surface area (Å²) < 4.78 is 62.3. The van der Waals surface area contributed by atoms with Crippen LogP contribution in [-0.4, -0.2) is 75.9 Å². The highest BCUT2D eigenvalue weighted by Gasteiger charge is 2.35. The van der Waals surface area contributed by atoms with Gasteiger partial charge in [0.1, 0.15) is 16.1 Å². The molecule has 0 unspecified atom stereocenters. The highest BCUT2D eigenvalue weighted by molar-refractivity contribution is 7.92. The van der Waals surface area contributed by atoms with Crippen LogP contribution < -0.4 is 9.46 Å². The summed E-state index contributed by atoms with van der Waals surface area (Å²) in [5, 5.41) is 11.6. The highest BCUT2D eigenvalue weighted by Crippen LogP contribution is 2.32. The Morgan fingerprint density at radius 1 is 1.15 bits per heavy atom. The van der Waals surface area contributed by atoms with Gasteiger partial charge in [0.25, 0.3) is 26.0 Å². The number of nitrogens with one attached hydrogen (secondary N) is 1. The number of ether oxygens (including phenoxy) is 1. The van der Waals surface area contributed by atoms with Crippen molar-refractivity contribution in [2.45, 2.75) is 42.0 Å². The van der Waals surface area contributed by atoms with Gasteiger partial charge in [0, 0.05) is 25.2 Å². The van der Waals surface area contributed by atoms with Crippen LogP contribution in [-0.2, 0) is 20.0 Å². The smallest absolute Gasteiger partial charge is 0.261 e. The number of sulfonamides is 2. The molecule has 1 aliphatic heterocycles. The van der Waals surface area contributed by atoms with Gasteiger partial charge in [0.15, 0.2) is 0 Å². The van der Waals surface area contributed by atoms with E-state index < -0.39 is 38.1 Å². The molecule has 216 valence electrons. The lowest BCUT2D eigenvalue weighted by molar-refractivity contribution is 0.0387. The van der Waals surface area contributed by atoms with E-state index >= 15 is 0 Å². The van der Waals surface area contributed by atoms with Crippen molar-refractivity contribution in [1.82, 2.24) is 9.21 Å². The maximum absolute atomic E-state index is 13.7. The van der Waals surface area contributed by atoms with Crippen molar-refractivity contribution in [3.05, 3.63) is 71.1 Å². The van der Waals surface area contributed by atoms with Crippen molar-refractivity contribution in [2.75, 3.05) is 31.5 Å². The average Bonchev–Trinajstić information content (AvgIpc) is 3.47. The number of amides is 1. The van der Waals surface area contributed by atoms with E-state index in [1.54, 1.807) is 30.5 Å². The molecule has 0 spiro atoms. The number of carbonyl (C=O) groups is 1. The van der Waals surface area contributed by atoms with Gasteiger partial charge in [0.2, 0.25) is 0 Å². The van der Waals surface area contributed by atoms with Gasteiger partial charge in [-0.3, -0.25) is 9.52 Å². The minimum Gasteiger partial charge on any atom is -0.488 e. The van der Waals surface area contributed by atoms with Gasteiger partial charge in [-0.05, 0) is 55.6 Å². The van der Waals surface area contributed by atoms with Gasteiger partial charge in [-0.25, -0.2) is 16.8 Å². The van der Waals surface area contributed by atoms with Crippen LogP contribution in [0.1, 0.15) is 29.8 Å². The Hall–Kier alpha value is -2.97. The normalized spacial score (nSPS) is 18.9. The molecule has 0 fully saturated rings. The third kappa shape index (κ3) is 6.33. The van der Waals surface area contributed by atoms with Crippen molar-refractivity contribution < 1.29 is 31.5 Å². The van der Waals surface area contributed by atoms with Gasteiger partial charge < -0.3 is 14.7 Å². The summed E-state index contributed by atoms with van der Waals surface area (Å²) in [4.78, 5) is 15.2. The molecule has 40 heavy (non-hydrogen) atoms. The van der Waals surface area contributed by atoms with E-state index in [4.69, 9.17) is 4.74 Å². The first kappa shape index (κ1) is 30.0. The fourth-order valence-electron chi connectivity index (χ4n) is 4.35. The first-order chi connectivity index (χ1) is 18.8. The van der Waals surface area contributed by atoms with E-state index in [1.165, 1.54) is 52.7 Å². The zero-order valence-corrected chi connectivity index (χ0v) is 25.1. The summed E-state index contributed by atoms with van der Waals surface area (Å²) in [6, 6.07) is 13.4. The molecule has 2 aromatic carbocycles. The third-order valence-corrected chi connectivity index (χ3v) is 11.4. The Morgan fingerprint density at radius 2 is 1.85 bits per heavy atom. The molecule has 1 aliphatic rings. The van der Waals surface area contributed by atoms with Gasteiger partial charge in [-0.1, -0.05) is 30.7 Å². The Bertz CT molecular complexity index is 1560. The Kier molecular flexibility index (Phi) is 8.90. The highest BCUT2D eigenvalue weighted by atomic mass is 32.2. The van der Waals surface area contributed by atoms with Crippen LogP contribution in [0.3, 0.4) is 0 Å². The van der Waals surface area contributed by atoms with Crippen molar-refractivity contribution in [2.24, 2.45) is 5.92 Å². The van der Waals surface area contributed by atoms with E-state index in [0.29, 0.717) is 0 Å². The first-order valence-electron chi connectivity index (χ1n) is 12.7. The molecule has 4 rings (SSSR count). The van der Waals surface area contributed by atoms with Crippen LogP contribution in [0.4, 0.5) is 5.69 Å². The number of hydrogen-bond acceptors (Lipinski definition) is 8. The number of aliphatic hydroxyl groups is 1. The summed E-state index contributed by atoms with van der Waals surface area (Å²) in [7, 11) is -6.19. The Morgan fingerprint density at radius 3 is 2.48 bits per heavy atom. The second kappa shape index (κ2) is 11.9. The molecule has 10 nitrogen and oxygen atoms in total. The van der Waals surface area contributed by atoms with Crippen molar-refractivity contribution in [3.8, 4) is 5.75 Å². The number of carbonyl (C=O) groups excluding carboxylic acids is 1. The first-order valence-corrected chi connectivity index (χ1v) is 16.5. The van der Waals surface area contributed by atoms with E-state index in [1.807, 2.05) is 13.8 Å². The molecule has 0 bridgehead atoms. The second-order valence-corrected chi connectivity index (χ2v) is 14.9. The molecule has 0 aliphatic carbocycles. The van der Waals surface area contributed by atoms with E-state index in [2.05, 4.69) is 4.72 Å². The van der Waals surface area contributed by atoms with Crippen LogP contribution >= 0.6 is 11.3 Å². The molecule has 1 amide bonds. The monoisotopic (exact) mass is 607 g/mol. The minimum absolute atomic E-state index is 0.0121. The molecule has 1 aromatic heterocycles. The fraction of sp³-hybridized carbons (Fsp3) is 0.370. The van der Waals surface area contributed by atoms with Crippen LogP contribution in [0.5, 0.6) is 5.75 Å². The lowest BCUT2D eigenvalue weighted by atomic mass is 9.99. The number of nitrogens with zero attached hydrogens (tertiary/aromatic N) is 2.